The predicted octanol–water partition coefficient (Wildman–Crippen LogP) is 0.980. The highest BCUT2D eigenvalue weighted by Gasteiger charge is 2.67. The Morgan fingerprint density at radius 3 is 2.92 bits per heavy atom. The highest BCUT2D eigenvalue weighted by molar-refractivity contribution is 6.03. The van der Waals surface area contributed by atoms with Gasteiger partial charge in [-0.3, -0.25) is 9.59 Å². The second-order valence-corrected chi connectivity index (χ2v) is 7.64. The number of benzene rings is 1. The van der Waals surface area contributed by atoms with Crippen molar-refractivity contribution in [3.05, 3.63) is 30.4 Å². The Morgan fingerprint density at radius 1 is 1.23 bits per heavy atom. The third kappa shape index (κ3) is 1.86. The van der Waals surface area contributed by atoms with Crippen LogP contribution in [0, 0.1) is 11.8 Å². The fourth-order valence-corrected chi connectivity index (χ4v) is 4.59. The quantitative estimate of drug-likeness (QED) is 0.819. The molecule has 2 saturated heterocycles. The summed E-state index contributed by atoms with van der Waals surface area (Å²) in [6, 6.07) is 5.73. The fraction of sp³-hybridized carbons (Fsp3) is 0.474. The molecule has 4 aliphatic heterocycles. The van der Waals surface area contributed by atoms with Gasteiger partial charge in [0.1, 0.15) is 5.60 Å². The second kappa shape index (κ2) is 4.79. The summed E-state index contributed by atoms with van der Waals surface area (Å²) in [5.74, 6) is 0.265. The van der Waals surface area contributed by atoms with Crippen molar-refractivity contribution in [3.8, 4) is 11.5 Å². The van der Waals surface area contributed by atoms with E-state index >= 15 is 0 Å². The Kier molecular flexibility index (Phi) is 2.69. The molecule has 0 unspecified atom stereocenters. The van der Waals surface area contributed by atoms with Gasteiger partial charge in [-0.05, 0) is 25.0 Å². The minimum atomic E-state index is -0.705. The van der Waals surface area contributed by atoms with E-state index in [1.165, 1.54) is 0 Å². The molecule has 6 rings (SSSR count). The number of carbonyl (C=O) groups is 2. The van der Waals surface area contributed by atoms with E-state index in [-0.39, 0.29) is 30.8 Å². The van der Waals surface area contributed by atoms with Crippen LogP contribution in [0.5, 0.6) is 11.5 Å². The molecule has 0 aromatic heterocycles. The van der Waals surface area contributed by atoms with E-state index in [1.807, 2.05) is 30.4 Å². The average Bonchev–Trinajstić information content (AvgIpc) is 3.02. The summed E-state index contributed by atoms with van der Waals surface area (Å²) in [5, 5.41) is 3.04. The van der Waals surface area contributed by atoms with Crippen LogP contribution in [0.15, 0.2) is 30.4 Å². The number of nitrogens with one attached hydrogen (secondary N) is 1. The van der Waals surface area contributed by atoms with Crippen molar-refractivity contribution in [2.45, 2.75) is 30.6 Å². The number of amides is 2. The number of rotatable bonds is 3. The largest absolute Gasteiger partial charge is 0.454 e. The van der Waals surface area contributed by atoms with Crippen LogP contribution in [0.25, 0.3) is 0 Å². The molecule has 0 radical (unpaired) electrons. The summed E-state index contributed by atoms with van der Waals surface area (Å²) in [4.78, 5) is 27.7. The van der Waals surface area contributed by atoms with Gasteiger partial charge in [-0.15, -0.1) is 0 Å². The molecule has 4 heterocycles. The van der Waals surface area contributed by atoms with Gasteiger partial charge in [0.15, 0.2) is 11.5 Å². The van der Waals surface area contributed by atoms with Gasteiger partial charge in [-0.1, -0.05) is 12.2 Å². The van der Waals surface area contributed by atoms with Gasteiger partial charge in [0.2, 0.25) is 18.6 Å². The Morgan fingerprint density at radius 2 is 2.08 bits per heavy atom. The zero-order valence-corrected chi connectivity index (χ0v) is 14.0. The molecule has 26 heavy (non-hydrogen) atoms. The number of ether oxygens (including phenoxy) is 3. The minimum Gasteiger partial charge on any atom is -0.454 e. The first-order chi connectivity index (χ1) is 12.6. The first-order valence-corrected chi connectivity index (χ1v) is 9.03. The molecular formula is C19H18N2O5. The van der Waals surface area contributed by atoms with E-state index in [4.69, 9.17) is 14.2 Å². The van der Waals surface area contributed by atoms with E-state index in [1.54, 1.807) is 4.90 Å². The minimum absolute atomic E-state index is 0.0605. The average molecular weight is 354 g/mol. The zero-order chi connectivity index (χ0) is 17.5. The lowest BCUT2D eigenvalue weighted by Crippen LogP contribution is -2.44. The lowest BCUT2D eigenvalue weighted by atomic mass is 9.77. The van der Waals surface area contributed by atoms with Crippen molar-refractivity contribution in [1.29, 1.82) is 0 Å². The highest BCUT2D eigenvalue weighted by Crippen LogP contribution is 2.53. The smallest absolute Gasteiger partial charge is 0.234 e. The topological polar surface area (TPSA) is 77.1 Å². The molecule has 1 spiro atoms. The van der Waals surface area contributed by atoms with E-state index in [0.29, 0.717) is 18.0 Å². The first kappa shape index (κ1) is 14.6. The number of anilines is 1. The van der Waals surface area contributed by atoms with Crippen LogP contribution < -0.4 is 19.7 Å². The van der Waals surface area contributed by atoms with Crippen LogP contribution in [0.2, 0.25) is 0 Å². The van der Waals surface area contributed by atoms with Gasteiger partial charge in [-0.25, -0.2) is 0 Å². The maximum Gasteiger partial charge on any atom is 0.234 e. The SMILES string of the molecule is O=C(NC1CC1)[C@@H]1[C@H]2C(=O)N(c3ccc4c(c3)OCO4)C[C@]23C=C[C@H]1O3. The lowest BCUT2D eigenvalue weighted by Gasteiger charge is -2.23. The summed E-state index contributed by atoms with van der Waals surface area (Å²) in [6.07, 6.45) is 5.64. The molecule has 4 atom stereocenters. The number of nitrogens with zero attached hydrogens (tertiary/aromatic N) is 1. The molecular weight excluding hydrogens is 336 g/mol. The van der Waals surface area contributed by atoms with Crippen molar-refractivity contribution in [3.63, 3.8) is 0 Å². The standard InChI is InChI=1S/C19H18N2O5/c22-17(20-10-1-2-10)15-13-5-6-19(26-13)8-21(18(23)16(15)19)11-3-4-12-14(7-11)25-9-24-12/h3-7,10,13,15-16H,1-2,8-9H2,(H,20,22)/t13-,15+,16+,19-/m1/s1. The molecule has 2 amide bonds. The zero-order valence-electron chi connectivity index (χ0n) is 14.0. The van der Waals surface area contributed by atoms with E-state index < -0.39 is 17.4 Å². The van der Waals surface area contributed by atoms with Crippen molar-refractivity contribution < 1.29 is 23.8 Å². The second-order valence-electron chi connectivity index (χ2n) is 7.64. The van der Waals surface area contributed by atoms with Gasteiger partial charge >= 0.3 is 0 Å². The van der Waals surface area contributed by atoms with Crippen LogP contribution in [0.1, 0.15) is 12.8 Å². The Labute approximate surface area is 149 Å². The van der Waals surface area contributed by atoms with Gasteiger partial charge < -0.3 is 24.4 Å². The molecule has 1 N–H and O–H groups in total. The fourth-order valence-electron chi connectivity index (χ4n) is 4.59. The molecule has 1 aliphatic carbocycles. The summed E-state index contributed by atoms with van der Waals surface area (Å²) in [6.45, 7) is 0.604. The molecule has 2 bridgehead atoms. The van der Waals surface area contributed by atoms with Crippen LogP contribution in [0.3, 0.4) is 0 Å². The van der Waals surface area contributed by atoms with Crippen LogP contribution in [-0.4, -0.2) is 42.9 Å². The van der Waals surface area contributed by atoms with Crippen molar-refractivity contribution >= 4 is 17.5 Å². The summed E-state index contributed by atoms with van der Waals surface area (Å²) in [7, 11) is 0. The number of fused-ring (bicyclic) bond motifs is 2. The number of carbonyl (C=O) groups excluding carboxylic acids is 2. The molecule has 7 nitrogen and oxygen atoms in total. The van der Waals surface area contributed by atoms with Crippen molar-refractivity contribution in [2.24, 2.45) is 11.8 Å². The number of hydrogen-bond donors (Lipinski definition) is 1. The van der Waals surface area contributed by atoms with Crippen molar-refractivity contribution in [1.82, 2.24) is 5.32 Å². The van der Waals surface area contributed by atoms with E-state index in [2.05, 4.69) is 5.32 Å². The van der Waals surface area contributed by atoms with E-state index in [0.717, 1.165) is 18.5 Å². The van der Waals surface area contributed by atoms with Crippen LogP contribution >= 0.6 is 0 Å². The third-order valence-corrected chi connectivity index (χ3v) is 5.99. The molecule has 7 heteroatoms. The highest BCUT2D eigenvalue weighted by atomic mass is 16.7. The van der Waals surface area contributed by atoms with Gasteiger partial charge in [0, 0.05) is 17.8 Å². The summed E-state index contributed by atoms with van der Waals surface area (Å²) >= 11 is 0. The Hall–Kier alpha value is -2.54. The van der Waals surface area contributed by atoms with Gasteiger partial charge in [-0.2, -0.15) is 0 Å². The van der Waals surface area contributed by atoms with E-state index in [9.17, 15) is 9.59 Å². The molecule has 1 saturated carbocycles. The molecule has 5 aliphatic rings. The Balaban J connectivity index is 1.33. The van der Waals surface area contributed by atoms with Gasteiger partial charge in [0.05, 0.1) is 24.5 Å². The molecule has 1 aromatic carbocycles. The van der Waals surface area contributed by atoms with Crippen LogP contribution in [-0.2, 0) is 14.3 Å². The van der Waals surface area contributed by atoms with Crippen molar-refractivity contribution in [2.75, 3.05) is 18.2 Å². The maximum atomic E-state index is 13.2. The van der Waals surface area contributed by atoms with Gasteiger partial charge in [0.25, 0.3) is 0 Å². The van der Waals surface area contributed by atoms with Crippen LogP contribution in [0.4, 0.5) is 5.69 Å². The Bertz CT molecular complexity index is 863. The maximum absolute atomic E-state index is 13.2. The molecule has 134 valence electrons. The molecule has 3 fully saturated rings. The normalized spacial score (nSPS) is 35.9. The first-order valence-electron chi connectivity index (χ1n) is 9.03. The summed E-state index contributed by atoms with van der Waals surface area (Å²) in [5.41, 5.74) is 0.0359. The lowest BCUT2D eigenvalue weighted by molar-refractivity contribution is -0.132. The molecule has 1 aromatic rings. The third-order valence-electron chi connectivity index (χ3n) is 5.99. The summed E-state index contributed by atoms with van der Waals surface area (Å²) < 4.78 is 16.9. The monoisotopic (exact) mass is 354 g/mol. The predicted molar refractivity (Wildman–Crippen MR) is 89.8 cm³/mol. The number of hydrogen-bond acceptors (Lipinski definition) is 5.